The number of cyclic esters (lactones) is 1. The summed E-state index contributed by atoms with van der Waals surface area (Å²) in [5.74, 6) is -0.564. The number of fused-ring (bicyclic) bond motifs is 1. The SMILES string of the molecule is CCc1[nH]c2ccc(C)cc2c1C1OC(=O)C(Cl)=C1Cl. The number of rotatable bonds is 2. The van der Waals surface area contributed by atoms with Gasteiger partial charge in [0.25, 0.3) is 0 Å². The van der Waals surface area contributed by atoms with E-state index in [0.717, 1.165) is 34.1 Å². The summed E-state index contributed by atoms with van der Waals surface area (Å²) in [6.45, 7) is 4.06. The first kappa shape index (κ1) is 13.5. The standard InChI is InChI=1S/C15H13Cl2NO2/c1-3-9-11(14-12(16)13(17)15(19)20-14)8-6-7(2)4-5-10(8)18-9/h4-6,14,18H,3H2,1-2H3. The molecule has 0 radical (unpaired) electrons. The largest absolute Gasteiger partial charge is 0.447 e. The van der Waals surface area contributed by atoms with Crippen LogP contribution in [0.15, 0.2) is 28.3 Å². The molecule has 0 amide bonds. The van der Waals surface area contributed by atoms with Crippen LogP contribution >= 0.6 is 23.2 Å². The fourth-order valence-corrected chi connectivity index (χ4v) is 2.94. The lowest BCUT2D eigenvalue weighted by Crippen LogP contribution is -2.04. The summed E-state index contributed by atoms with van der Waals surface area (Å²) in [5, 5.41) is 1.25. The molecule has 0 spiro atoms. The zero-order chi connectivity index (χ0) is 14.4. The second-order valence-corrected chi connectivity index (χ2v) is 5.65. The third kappa shape index (κ3) is 1.93. The summed E-state index contributed by atoms with van der Waals surface area (Å²) >= 11 is 12.0. The molecule has 1 atom stereocenters. The summed E-state index contributed by atoms with van der Waals surface area (Å²) in [6.07, 6.45) is 0.181. The van der Waals surface area contributed by atoms with Gasteiger partial charge >= 0.3 is 5.97 Å². The van der Waals surface area contributed by atoms with Crippen LogP contribution in [0.2, 0.25) is 0 Å². The second-order valence-electron chi connectivity index (χ2n) is 4.87. The van der Waals surface area contributed by atoms with Crippen LogP contribution in [-0.4, -0.2) is 11.0 Å². The van der Waals surface area contributed by atoms with Crippen LogP contribution in [0.25, 0.3) is 10.9 Å². The van der Waals surface area contributed by atoms with E-state index in [4.69, 9.17) is 27.9 Å². The molecule has 0 fully saturated rings. The van der Waals surface area contributed by atoms with Crippen LogP contribution in [0.1, 0.15) is 29.8 Å². The molecule has 1 aromatic heterocycles. The first-order chi connectivity index (χ1) is 9.52. The van der Waals surface area contributed by atoms with Crippen molar-refractivity contribution in [3.05, 3.63) is 45.1 Å². The van der Waals surface area contributed by atoms with Crippen LogP contribution in [-0.2, 0) is 16.0 Å². The van der Waals surface area contributed by atoms with E-state index in [9.17, 15) is 4.79 Å². The van der Waals surface area contributed by atoms with Crippen molar-refractivity contribution in [3.8, 4) is 0 Å². The minimum absolute atomic E-state index is 0.0271. The number of aromatic amines is 1. The summed E-state index contributed by atoms with van der Waals surface area (Å²) in [6, 6.07) is 6.11. The number of carbonyl (C=O) groups is 1. The molecule has 0 saturated heterocycles. The molecule has 0 saturated carbocycles. The number of carbonyl (C=O) groups excluding carboxylic acids is 1. The fourth-order valence-electron chi connectivity index (χ4n) is 2.57. The molecule has 1 aliphatic rings. The number of benzene rings is 1. The van der Waals surface area contributed by atoms with E-state index in [-0.39, 0.29) is 10.1 Å². The Hall–Kier alpha value is -1.45. The maximum atomic E-state index is 11.6. The predicted molar refractivity (Wildman–Crippen MR) is 80.0 cm³/mol. The summed E-state index contributed by atoms with van der Waals surface area (Å²) in [5.41, 5.74) is 4.05. The van der Waals surface area contributed by atoms with Crippen LogP contribution in [0.5, 0.6) is 0 Å². The van der Waals surface area contributed by atoms with Crippen molar-refractivity contribution in [2.24, 2.45) is 0 Å². The number of hydrogen-bond acceptors (Lipinski definition) is 2. The van der Waals surface area contributed by atoms with Gasteiger partial charge < -0.3 is 9.72 Å². The van der Waals surface area contributed by atoms with Gasteiger partial charge in [0.2, 0.25) is 0 Å². The van der Waals surface area contributed by atoms with Gasteiger partial charge in [-0.2, -0.15) is 0 Å². The van der Waals surface area contributed by atoms with Crippen molar-refractivity contribution in [2.45, 2.75) is 26.4 Å². The molecule has 3 nitrogen and oxygen atoms in total. The maximum absolute atomic E-state index is 11.6. The molecule has 104 valence electrons. The van der Waals surface area contributed by atoms with Gasteiger partial charge in [-0.3, -0.25) is 0 Å². The van der Waals surface area contributed by atoms with Crippen LogP contribution in [0.4, 0.5) is 0 Å². The van der Waals surface area contributed by atoms with Crippen molar-refractivity contribution >= 4 is 40.1 Å². The molecule has 2 heterocycles. The van der Waals surface area contributed by atoms with Gasteiger partial charge in [0.05, 0.1) is 5.03 Å². The van der Waals surface area contributed by atoms with Gasteiger partial charge in [0.1, 0.15) is 5.03 Å². The van der Waals surface area contributed by atoms with Gasteiger partial charge in [-0.15, -0.1) is 0 Å². The quantitative estimate of drug-likeness (QED) is 0.839. The fraction of sp³-hybridized carbons (Fsp3) is 0.267. The van der Waals surface area contributed by atoms with Crippen molar-refractivity contribution in [2.75, 3.05) is 0 Å². The number of ether oxygens (including phenoxy) is 1. The second kappa shape index (κ2) is 4.83. The van der Waals surface area contributed by atoms with Crippen LogP contribution in [0.3, 0.4) is 0 Å². The highest BCUT2D eigenvalue weighted by atomic mass is 35.5. The highest BCUT2D eigenvalue weighted by molar-refractivity contribution is 6.48. The average molecular weight is 310 g/mol. The Labute approximate surface area is 126 Å². The van der Waals surface area contributed by atoms with Gasteiger partial charge in [-0.1, -0.05) is 41.8 Å². The van der Waals surface area contributed by atoms with E-state index in [1.54, 1.807) is 0 Å². The van der Waals surface area contributed by atoms with E-state index >= 15 is 0 Å². The summed E-state index contributed by atoms with van der Waals surface area (Å²) in [4.78, 5) is 14.9. The highest BCUT2D eigenvalue weighted by Gasteiger charge is 2.36. The molecule has 1 aliphatic heterocycles. The predicted octanol–water partition coefficient (Wildman–Crippen LogP) is 4.33. The topological polar surface area (TPSA) is 42.1 Å². The lowest BCUT2D eigenvalue weighted by Gasteiger charge is -2.12. The number of aryl methyl sites for hydroxylation is 2. The van der Waals surface area contributed by atoms with Gasteiger partial charge in [0, 0.05) is 22.2 Å². The molecule has 1 aromatic carbocycles. The molecule has 2 aromatic rings. The maximum Gasteiger partial charge on any atom is 0.352 e. The Balaban J connectivity index is 2.25. The molecule has 20 heavy (non-hydrogen) atoms. The van der Waals surface area contributed by atoms with Crippen LogP contribution in [0, 0.1) is 6.92 Å². The van der Waals surface area contributed by atoms with E-state index in [1.165, 1.54) is 0 Å². The number of hydrogen-bond donors (Lipinski definition) is 1. The average Bonchev–Trinajstić information content (AvgIpc) is 2.91. The molecule has 5 heteroatoms. The van der Waals surface area contributed by atoms with Crippen molar-refractivity contribution in [1.82, 2.24) is 4.98 Å². The third-order valence-corrected chi connectivity index (χ3v) is 4.38. The van der Waals surface area contributed by atoms with Crippen molar-refractivity contribution in [1.29, 1.82) is 0 Å². The molecular formula is C15H13Cl2NO2. The Bertz CT molecular complexity index is 746. The first-order valence-corrected chi connectivity index (χ1v) is 7.15. The smallest absolute Gasteiger partial charge is 0.352 e. The molecule has 1 unspecified atom stereocenters. The number of esters is 1. The monoisotopic (exact) mass is 309 g/mol. The van der Waals surface area contributed by atoms with E-state index in [2.05, 4.69) is 11.1 Å². The third-order valence-electron chi connectivity index (χ3n) is 3.54. The van der Waals surface area contributed by atoms with E-state index < -0.39 is 12.1 Å². The Morgan fingerprint density at radius 2 is 2.10 bits per heavy atom. The molecule has 0 bridgehead atoms. The molecule has 3 rings (SSSR count). The Morgan fingerprint density at radius 3 is 2.70 bits per heavy atom. The number of nitrogens with one attached hydrogen (secondary N) is 1. The van der Waals surface area contributed by atoms with Gasteiger partial charge in [-0.05, 0) is 25.5 Å². The molecule has 0 aliphatic carbocycles. The minimum Gasteiger partial charge on any atom is -0.447 e. The summed E-state index contributed by atoms with van der Waals surface area (Å²) in [7, 11) is 0. The molecule has 1 N–H and O–H groups in total. The lowest BCUT2D eigenvalue weighted by molar-refractivity contribution is -0.139. The first-order valence-electron chi connectivity index (χ1n) is 6.40. The zero-order valence-corrected chi connectivity index (χ0v) is 12.6. The summed E-state index contributed by atoms with van der Waals surface area (Å²) < 4.78 is 5.32. The van der Waals surface area contributed by atoms with Crippen LogP contribution < -0.4 is 0 Å². The van der Waals surface area contributed by atoms with Crippen molar-refractivity contribution < 1.29 is 9.53 Å². The van der Waals surface area contributed by atoms with E-state index in [0.29, 0.717) is 0 Å². The van der Waals surface area contributed by atoms with Crippen molar-refractivity contribution in [3.63, 3.8) is 0 Å². The highest BCUT2D eigenvalue weighted by Crippen LogP contribution is 2.43. The normalized spacial score (nSPS) is 19.0. The Morgan fingerprint density at radius 1 is 1.35 bits per heavy atom. The minimum atomic E-state index is -0.609. The zero-order valence-electron chi connectivity index (χ0n) is 11.1. The number of halogens is 2. The van der Waals surface area contributed by atoms with Gasteiger partial charge in [-0.25, -0.2) is 4.79 Å². The van der Waals surface area contributed by atoms with E-state index in [1.807, 2.05) is 26.0 Å². The number of aromatic nitrogens is 1. The molecular weight excluding hydrogens is 297 g/mol. The Kier molecular flexibility index (Phi) is 3.27. The van der Waals surface area contributed by atoms with Gasteiger partial charge in [0.15, 0.2) is 6.10 Å². The lowest BCUT2D eigenvalue weighted by atomic mass is 10.0. The number of H-pyrrole nitrogens is 1.